The van der Waals surface area contributed by atoms with Crippen molar-refractivity contribution in [1.29, 1.82) is 0 Å². The third-order valence-corrected chi connectivity index (χ3v) is 3.30. The monoisotopic (exact) mass is 239 g/mol. The van der Waals surface area contributed by atoms with Crippen molar-refractivity contribution in [2.75, 3.05) is 0 Å². The maximum Gasteiger partial charge on any atom is 0.00767 e. The Morgan fingerprint density at radius 2 is 1.67 bits per heavy atom. The number of aryl methyl sites for hydroxylation is 1. The molecular weight excluding hydrogens is 218 g/mol. The second-order valence-corrected chi connectivity index (χ2v) is 4.94. The molecule has 1 nitrogen and oxygen atoms in total. The predicted molar refractivity (Wildman–Crippen MR) is 78.6 cm³/mol. The first kappa shape index (κ1) is 12.8. The molecule has 2 aromatic rings. The van der Waals surface area contributed by atoms with Crippen LogP contribution < -0.4 is 5.73 Å². The summed E-state index contributed by atoms with van der Waals surface area (Å²) in [6.07, 6.45) is 1.98. The summed E-state index contributed by atoms with van der Waals surface area (Å²) in [6.45, 7) is 4.26. The summed E-state index contributed by atoms with van der Waals surface area (Å²) in [5.74, 6) is 0. The molecule has 0 aliphatic carbocycles. The Hall–Kier alpha value is -1.60. The van der Waals surface area contributed by atoms with E-state index < -0.39 is 0 Å². The van der Waals surface area contributed by atoms with Gasteiger partial charge < -0.3 is 5.73 Å². The van der Waals surface area contributed by atoms with Gasteiger partial charge in [0.25, 0.3) is 0 Å². The van der Waals surface area contributed by atoms with Crippen LogP contribution in [0, 0.1) is 6.92 Å². The van der Waals surface area contributed by atoms with E-state index in [-0.39, 0.29) is 6.04 Å². The predicted octanol–water partition coefficient (Wildman–Crippen LogP) is 3.94. The second kappa shape index (κ2) is 5.83. The van der Waals surface area contributed by atoms with Crippen LogP contribution in [-0.2, 0) is 6.42 Å². The quantitative estimate of drug-likeness (QED) is 0.859. The molecule has 0 radical (unpaired) electrons. The van der Waals surface area contributed by atoms with Crippen LogP contribution in [-0.4, -0.2) is 6.04 Å². The van der Waals surface area contributed by atoms with Gasteiger partial charge in [0.1, 0.15) is 0 Å². The normalized spacial score (nSPS) is 12.4. The van der Waals surface area contributed by atoms with Crippen molar-refractivity contribution in [1.82, 2.24) is 0 Å². The lowest BCUT2D eigenvalue weighted by Gasteiger charge is -2.10. The molecule has 0 heterocycles. The summed E-state index contributed by atoms with van der Waals surface area (Å²) >= 11 is 0. The van der Waals surface area contributed by atoms with Gasteiger partial charge >= 0.3 is 0 Å². The van der Waals surface area contributed by atoms with Gasteiger partial charge in [-0.3, -0.25) is 0 Å². The van der Waals surface area contributed by atoms with Crippen LogP contribution in [0.25, 0.3) is 11.1 Å². The second-order valence-electron chi connectivity index (χ2n) is 4.94. The highest BCUT2D eigenvalue weighted by atomic mass is 14.6. The van der Waals surface area contributed by atoms with E-state index in [1.807, 2.05) is 0 Å². The van der Waals surface area contributed by atoms with Crippen molar-refractivity contribution in [2.45, 2.75) is 32.7 Å². The molecule has 1 atom stereocenters. The molecule has 1 unspecified atom stereocenters. The molecule has 0 saturated carbocycles. The van der Waals surface area contributed by atoms with Crippen molar-refractivity contribution in [3.63, 3.8) is 0 Å². The third-order valence-electron chi connectivity index (χ3n) is 3.30. The SMILES string of the molecule is CCC(N)Cc1cccc(-c2cccc(C)c2)c1. The van der Waals surface area contributed by atoms with E-state index in [2.05, 4.69) is 62.4 Å². The zero-order valence-electron chi connectivity index (χ0n) is 11.2. The van der Waals surface area contributed by atoms with Gasteiger partial charge in [-0.25, -0.2) is 0 Å². The van der Waals surface area contributed by atoms with Crippen molar-refractivity contribution in [3.05, 3.63) is 59.7 Å². The third kappa shape index (κ3) is 3.21. The van der Waals surface area contributed by atoms with E-state index >= 15 is 0 Å². The Morgan fingerprint density at radius 1 is 1.00 bits per heavy atom. The van der Waals surface area contributed by atoms with E-state index in [0.717, 1.165) is 12.8 Å². The summed E-state index contributed by atoms with van der Waals surface area (Å²) in [6, 6.07) is 17.6. The highest BCUT2D eigenvalue weighted by Gasteiger charge is 2.03. The first-order valence-corrected chi connectivity index (χ1v) is 6.60. The average molecular weight is 239 g/mol. The van der Waals surface area contributed by atoms with Gasteiger partial charge in [-0.05, 0) is 36.5 Å². The zero-order valence-corrected chi connectivity index (χ0v) is 11.2. The molecule has 2 N–H and O–H groups in total. The number of nitrogens with two attached hydrogens (primary N) is 1. The van der Waals surface area contributed by atoms with Crippen molar-refractivity contribution < 1.29 is 0 Å². The standard InChI is InChI=1S/C17H21N/c1-3-17(18)12-14-7-5-9-16(11-14)15-8-4-6-13(2)10-15/h4-11,17H,3,12,18H2,1-2H3. The van der Waals surface area contributed by atoms with Crippen LogP contribution in [0.2, 0.25) is 0 Å². The van der Waals surface area contributed by atoms with Crippen LogP contribution >= 0.6 is 0 Å². The molecule has 18 heavy (non-hydrogen) atoms. The summed E-state index contributed by atoms with van der Waals surface area (Å²) in [4.78, 5) is 0. The molecule has 0 bridgehead atoms. The molecule has 1 heteroatoms. The Morgan fingerprint density at radius 3 is 2.33 bits per heavy atom. The molecule has 2 rings (SSSR count). The van der Waals surface area contributed by atoms with E-state index in [9.17, 15) is 0 Å². The fourth-order valence-corrected chi connectivity index (χ4v) is 2.15. The molecule has 0 aliphatic heterocycles. The van der Waals surface area contributed by atoms with E-state index in [1.54, 1.807) is 0 Å². The molecule has 0 saturated heterocycles. The molecule has 0 amide bonds. The summed E-state index contributed by atoms with van der Waals surface area (Å²) < 4.78 is 0. The molecular formula is C17H21N. The van der Waals surface area contributed by atoms with Crippen LogP contribution in [0.15, 0.2) is 48.5 Å². The van der Waals surface area contributed by atoms with Gasteiger partial charge in [0, 0.05) is 6.04 Å². The number of hydrogen-bond acceptors (Lipinski definition) is 1. The molecule has 0 aliphatic rings. The maximum atomic E-state index is 6.02. The summed E-state index contributed by atoms with van der Waals surface area (Å²) in [7, 11) is 0. The topological polar surface area (TPSA) is 26.0 Å². The largest absolute Gasteiger partial charge is 0.327 e. The van der Waals surface area contributed by atoms with Crippen molar-refractivity contribution in [2.24, 2.45) is 5.73 Å². The van der Waals surface area contributed by atoms with Crippen molar-refractivity contribution >= 4 is 0 Å². The first-order valence-electron chi connectivity index (χ1n) is 6.60. The Balaban J connectivity index is 2.27. The Labute approximate surface area is 110 Å². The highest BCUT2D eigenvalue weighted by Crippen LogP contribution is 2.22. The van der Waals surface area contributed by atoms with E-state index in [4.69, 9.17) is 5.73 Å². The lowest BCUT2D eigenvalue weighted by Crippen LogP contribution is -2.21. The van der Waals surface area contributed by atoms with Gasteiger partial charge in [-0.1, -0.05) is 61.0 Å². The van der Waals surface area contributed by atoms with Gasteiger partial charge in [-0.15, -0.1) is 0 Å². The summed E-state index contributed by atoms with van der Waals surface area (Å²) in [5.41, 5.74) is 11.2. The Kier molecular flexibility index (Phi) is 4.16. The van der Waals surface area contributed by atoms with Crippen LogP contribution in [0.3, 0.4) is 0 Å². The minimum absolute atomic E-state index is 0.262. The van der Waals surface area contributed by atoms with Crippen molar-refractivity contribution in [3.8, 4) is 11.1 Å². The molecule has 0 fully saturated rings. The summed E-state index contributed by atoms with van der Waals surface area (Å²) in [5, 5.41) is 0. The van der Waals surface area contributed by atoms with Crippen LogP contribution in [0.5, 0.6) is 0 Å². The highest BCUT2D eigenvalue weighted by molar-refractivity contribution is 5.64. The smallest absolute Gasteiger partial charge is 0.00767 e. The van der Waals surface area contributed by atoms with Crippen LogP contribution in [0.1, 0.15) is 24.5 Å². The number of rotatable bonds is 4. The fourth-order valence-electron chi connectivity index (χ4n) is 2.15. The van der Waals surface area contributed by atoms with E-state index in [1.165, 1.54) is 22.3 Å². The Bertz CT molecular complexity index is 517. The lowest BCUT2D eigenvalue weighted by atomic mass is 9.98. The molecule has 94 valence electrons. The number of hydrogen-bond donors (Lipinski definition) is 1. The average Bonchev–Trinajstić information content (AvgIpc) is 2.39. The van der Waals surface area contributed by atoms with Gasteiger partial charge in [0.15, 0.2) is 0 Å². The van der Waals surface area contributed by atoms with Gasteiger partial charge in [-0.2, -0.15) is 0 Å². The van der Waals surface area contributed by atoms with E-state index in [0.29, 0.717) is 0 Å². The first-order chi connectivity index (χ1) is 8.69. The lowest BCUT2D eigenvalue weighted by molar-refractivity contribution is 0.646. The number of benzene rings is 2. The van der Waals surface area contributed by atoms with Gasteiger partial charge in [0.2, 0.25) is 0 Å². The minimum Gasteiger partial charge on any atom is -0.327 e. The van der Waals surface area contributed by atoms with Gasteiger partial charge in [0.05, 0.1) is 0 Å². The molecule has 2 aromatic carbocycles. The molecule has 0 spiro atoms. The minimum atomic E-state index is 0.262. The fraction of sp³-hybridized carbons (Fsp3) is 0.294. The van der Waals surface area contributed by atoms with Crippen LogP contribution in [0.4, 0.5) is 0 Å². The molecule has 0 aromatic heterocycles. The maximum absolute atomic E-state index is 6.02. The zero-order chi connectivity index (χ0) is 13.0.